The van der Waals surface area contributed by atoms with Crippen molar-refractivity contribution < 1.29 is 4.79 Å². The standard InChI is InChI=1S/C17H18BrN5O/c18-12-3-4-15(11(6-12)8-19)22-13-7-16(21-10-13)17(24)23-5-1-2-14(23)9-20/h3-4,6,13-14,16,21-22H,1-2,5,7,10H2/t13-,14?,16-/m0/s1. The number of amides is 1. The number of rotatable bonds is 3. The zero-order valence-electron chi connectivity index (χ0n) is 13.1. The van der Waals surface area contributed by atoms with Gasteiger partial charge in [0, 0.05) is 23.6 Å². The molecule has 1 unspecified atom stereocenters. The van der Waals surface area contributed by atoms with Crippen molar-refractivity contribution in [2.45, 2.75) is 37.4 Å². The molecule has 0 radical (unpaired) electrons. The second-order valence-corrected chi connectivity index (χ2v) is 7.07. The van der Waals surface area contributed by atoms with E-state index in [-0.39, 0.29) is 24.0 Å². The molecule has 3 rings (SSSR count). The van der Waals surface area contributed by atoms with Gasteiger partial charge in [0.1, 0.15) is 12.1 Å². The van der Waals surface area contributed by atoms with Crippen LogP contribution in [0.1, 0.15) is 24.8 Å². The van der Waals surface area contributed by atoms with Crippen LogP contribution in [0.4, 0.5) is 5.69 Å². The molecule has 0 aliphatic carbocycles. The number of carbonyl (C=O) groups excluding carboxylic acids is 1. The van der Waals surface area contributed by atoms with Gasteiger partial charge in [-0.05, 0) is 37.5 Å². The number of hydrogen-bond acceptors (Lipinski definition) is 5. The summed E-state index contributed by atoms with van der Waals surface area (Å²) >= 11 is 3.36. The smallest absolute Gasteiger partial charge is 0.240 e. The Labute approximate surface area is 149 Å². The molecule has 1 aromatic carbocycles. The molecule has 2 aliphatic heterocycles. The highest BCUT2D eigenvalue weighted by atomic mass is 79.9. The normalized spacial score (nSPS) is 26.0. The van der Waals surface area contributed by atoms with Gasteiger partial charge in [0.25, 0.3) is 0 Å². The predicted octanol–water partition coefficient (Wildman–Crippen LogP) is 1.98. The van der Waals surface area contributed by atoms with Crippen molar-refractivity contribution in [1.82, 2.24) is 10.2 Å². The maximum Gasteiger partial charge on any atom is 0.240 e. The van der Waals surface area contributed by atoms with E-state index in [9.17, 15) is 10.1 Å². The van der Waals surface area contributed by atoms with Crippen molar-refractivity contribution in [1.29, 1.82) is 10.5 Å². The van der Waals surface area contributed by atoms with E-state index in [0.29, 0.717) is 25.1 Å². The number of hydrogen-bond donors (Lipinski definition) is 2. The van der Waals surface area contributed by atoms with E-state index in [1.807, 2.05) is 12.1 Å². The minimum Gasteiger partial charge on any atom is -0.380 e. The Kier molecular flexibility index (Phi) is 5.03. The molecule has 0 bridgehead atoms. The van der Waals surface area contributed by atoms with Crippen LogP contribution in [0.2, 0.25) is 0 Å². The van der Waals surface area contributed by atoms with E-state index in [0.717, 1.165) is 23.0 Å². The SMILES string of the molecule is N#Cc1cc(Br)ccc1N[C@@H]1CN[C@H](C(=O)N2CCCC2C#N)C1. The first-order valence-corrected chi connectivity index (χ1v) is 8.81. The van der Waals surface area contributed by atoms with Crippen LogP contribution in [0.25, 0.3) is 0 Å². The number of benzene rings is 1. The number of nitriles is 2. The van der Waals surface area contributed by atoms with E-state index in [1.165, 1.54) is 0 Å². The molecule has 2 heterocycles. The Morgan fingerprint density at radius 1 is 1.42 bits per heavy atom. The van der Waals surface area contributed by atoms with E-state index >= 15 is 0 Å². The van der Waals surface area contributed by atoms with Crippen LogP contribution in [-0.2, 0) is 4.79 Å². The summed E-state index contributed by atoms with van der Waals surface area (Å²) in [5.74, 6) is 0.0136. The fourth-order valence-corrected chi connectivity index (χ4v) is 3.71. The molecule has 1 aromatic rings. The molecule has 7 heteroatoms. The van der Waals surface area contributed by atoms with Crippen LogP contribution in [0.5, 0.6) is 0 Å². The lowest BCUT2D eigenvalue weighted by Gasteiger charge is -2.23. The Morgan fingerprint density at radius 2 is 2.25 bits per heavy atom. The fraction of sp³-hybridized carbons (Fsp3) is 0.471. The summed E-state index contributed by atoms with van der Waals surface area (Å²) in [6.45, 7) is 1.32. The molecule has 2 aliphatic rings. The van der Waals surface area contributed by atoms with Gasteiger partial charge in [-0.15, -0.1) is 0 Å². The zero-order chi connectivity index (χ0) is 17.1. The zero-order valence-corrected chi connectivity index (χ0v) is 14.7. The van der Waals surface area contributed by atoms with Crippen LogP contribution in [-0.4, -0.2) is 42.0 Å². The Balaban J connectivity index is 1.63. The van der Waals surface area contributed by atoms with Crippen LogP contribution in [0, 0.1) is 22.7 Å². The third kappa shape index (κ3) is 3.38. The Bertz CT molecular complexity index is 723. The topological polar surface area (TPSA) is 91.9 Å². The average Bonchev–Trinajstić information content (AvgIpc) is 3.24. The highest BCUT2D eigenvalue weighted by Gasteiger charge is 2.37. The molecule has 2 fully saturated rings. The van der Waals surface area contributed by atoms with E-state index in [2.05, 4.69) is 38.7 Å². The third-order valence-corrected chi connectivity index (χ3v) is 5.07. The van der Waals surface area contributed by atoms with Gasteiger partial charge in [-0.2, -0.15) is 10.5 Å². The van der Waals surface area contributed by atoms with Crippen LogP contribution in [0.3, 0.4) is 0 Å². The second-order valence-electron chi connectivity index (χ2n) is 6.16. The average molecular weight is 388 g/mol. The quantitative estimate of drug-likeness (QED) is 0.826. The van der Waals surface area contributed by atoms with Crippen molar-refractivity contribution in [3.05, 3.63) is 28.2 Å². The minimum absolute atomic E-state index is 0.0136. The molecule has 2 saturated heterocycles. The largest absolute Gasteiger partial charge is 0.380 e. The molecule has 6 nitrogen and oxygen atoms in total. The van der Waals surface area contributed by atoms with Gasteiger partial charge in [-0.3, -0.25) is 4.79 Å². The summed E-state index contributed by atoms with van der Waals surface area (Å²) in [5, 5.41) is 25.0. The van der Waals surface area contributed by atoms with Crippen LogP contribution >= 0.6 is 15.9 Å². The lowest BCUT2D eigenvalue weighted by atomic mass is 10.1. The lowest BCUT2D eigenvalue weighted by molar-refractivity contribution is -0.133. The van der Waals surface area contributed by atoms with Gasteiger partial charge in [-0.1, -0.05) is 15.9 Å². The number of nitrogens with zero attached hydrogens (tertiary/aromatic N) is 3. The summed E-state index contributed by atoms with van der Waals surface area (Å²) in [7, 11) is 0. The molecule has 124 valence electrons. The maximum absolute atomic E-state index is 12.6. The van der Waals surface area contributed by atoms with Crippen LogP contribution < -0.4 is 10.6 Å². The molecular formula is C17H18BrN5O. The summed E-state index contributed by atoms with van der Waals surface area (Å²) in [4.78, 5) is 14.3. The number of likely N-dealkylation sites (tertiary alicyclic amines) is 1. The van der Waals surface area contributed by atoms with E-state index in [4.69, 9.17) is 5.26 Å². The summed E-state index contributed by atoms with van der Waals surface area (Å²) in [5.41, 5.74) is 1.35. The highest BCUT2D eigenvalue weighted by molar-refractivity contribution is 9.10. The molecule has 0 saturated carbocycles. The van der Waals surface area contributed by atoms with Crippen molar-refractivity contribution in [2.24, 2.45) is 0 Å². The van der Waals surface area contributed by atoms with Gasteiger partial charge in [0.2, 0.25) is 5.91 Å². The van der Waals surface area contributed by atoms with Gasteiger partial charge in [0.15, 0.2) is 0 Å². The number of nitrogens with one attached hydrogen (secondary N) is 2. The number of carbonyl (C=O) groups is 1. The van der Waals surface area contributed by atoms with Gasteiger partial charge >= 0.3 is 0 Å². The Morgan fingerprint density at radius 3 is 3.00 bits per heavy atom. The predicted molar refractivity (Wildman–Crippen MR) is 93.0 cm³/mol. The van der Waals surface area contributed by atoms with Crippen molar-refractivity contribution in [3.8, 4) is 12.1 Å². The first kappa shape index (κ1) is 16.8. The molecule has 1 amide bonds. The summed E-state index contributed by atoms with van der Waals surface area (Å²) in [6, 6.07) is 9.44. The summed E-state index contributed by atoms with van der Waals surface area (Å²) in [6.07, 6.45) is 2.30. The first-order chi connectivity index (χ1) is 11.6. The molecule has 24 heavy (non-hydrogen) atoms. The van der Waals surface area contributed by atoms with Crippen LogP contribution in [0.15, 0.2) is 22.7 Å². The van der Waals surface area contributed by atoms with E-state index < -0.39 is 0 Å². The molecule has 0 spiro atoms. The minimum atomic E-state index is -0.289. The second kappa shape index (κ2) is 7.21. The maximum atomic E-state index is 12.6. The third-order valence-electron chi connectivity index (χ3n) is 4.58. The first-order valence-electron chi connectivity index (χ1n) is 8.02. The van der Waals surface area contributed by atoms with Crippen molar-refractivity contribution in [3.63, 3.8) is 0 Å². The fourth-order valence-electron chi connectivity index (χ4n) is 3.35. The van der Waals surface area contributed by atoms with Gasteiger partial charge in [0.05, 0.1) is 23.4 Å². The Hall–Kier alpha value is -2.09. The highest BCUT2D eigenvalue weighted by Crippen LogP contribution is 2.24. The molecule has 2 N–H and O–H groups in total. The van der Waals surface area contributed by atoms with Crippen molar-refractivity contribution >= 4 is 27.5 Å². The molecule has 0 aromatic heterocycles. The number of halogens is 1. The number of anilines is 1. The lowest BCUT2D eigenvalue weighted by Crippen LogP contribution is -2.45. The van der Waals surface area contributed by atoms with E-state index in [1.54, 1.807) is 11.0 Å². The van der Waals surface area contributed by atoms with Crippen molar-refractivity contribution in [2.75, 3.05) is 18.4 Å². The van der Waals surface area contributed by atoms with Gasteiger partial charge in [-0.25, -0.2) is 0 Å². The monoisotopic (exact) mass is 387 g/mol. The molecular weight excluding hydrogens is 370 g/mol. The summed E-state index contributed by atoms with van der Waals surface area (Å²) < 4.78 is 0.860. The molecule has 3 atom stereocenters. The van der Waals surface area contributed by atoms with Gasteiger partial charge < -0.3 is 15.5 Å².